The molecule has 1 aliphatic rings. The summed E-state index contributed by atoms with van der Waals surface area (Å²) in [6, 6.07) is 18.8. The van der Waals surface area contributed by atoms with Crippen molar-refractivity contribution >= 4 is 46.6 Å². The molecule has 0 aliphatic carbocycles. The van der Waals surface area contributed by atoms with Crippen LogP contribution in [-0.2, 0) is 30.3 Å². The lowest BCUT2D eigenvalue weighted by Crippen LogP contribution is -2.39. The first-order valence-corrected chi connectivity index (χ1v) is 20.5. The monoisotopic (exact) mass is 822 g/mol. The number of ether oxygens (including phenoxy) is 2. The fraction of sp³-hybridized carbons (Fsp3) is 0.435. The van der Waals surface area contributed by atoms with Crippen LogP contribution in [0.3, 0.4) is 0 Å². The van der Waals surface area contributed by atoms with Crippen molar-refractivity contribution in [3.8, 4) is 23.1 Å². The number of hydrogen-bond donors (Lipinski definition) is 5. The van der Waals surface area contributed by atoms with Gasteiger partial charge in [-0.05, 0) is 93.5 Å². The molecule has 2 amide bonds. The van der Waals surface area contributed by atoms with Gasteiger partial charge >= 0.3 is 6.09 Å². The molecular weight excluding hydrogens is 761 g/mol. The summed E-state index contributed by atoms with van der Waals surface area (Å²) in [6.45, 7) is 10.5. The van der Waals surface area contributed by atoms with E-state index in [0.717, 1.165) is 88.1 Å². The molecule has 14 nitrogen and oxygen atoms in total. The van der Waals surface area contributed by atoms with Crippen LogP contribution < -0.4 is 16.0 Å². The van der Waals surface area contributed by atoms with E-state index in [1.54, 1.807) is 7.05 Å². The largest absolute Gasteiger partial charge is 0.471 e. The standard InChI is InChI=1S/C34H37N7O.C7H13NO3.C3H8.C2H4O2/c1-35-22-32(42)36-18-4-3-7-31-37-21-29(38-31)25-13-10-23(11-14-25)8-9-24-12-16-27-26(20-24)15-17-28-33(27)40-34(39-28)30-6-5-19-41(30)2;1-5(2)6(4-9)8-7(10)11-3;1-3-2;1-4-2-3/h10-17,20-21,30,35H,3-7,18-19,22H2,1-2H3,(H,36,42)(H,37,38)(H,39,40);4-6H,1-3H3,(H,8,10);3H2,1-2H3;2H,1H3. The molecule has 1 aliphatic heterocycles. The Morgan fingerprint density at radius 1 is 1.00 bits per heavy atom. The van der Waals surface area contributed by atoms with Gasteiger partial charge in [-0.3, -0.25) is 14.5 Å². The zero-order valence-corrected chi connectivity index (χ0v) is 36.3. The number of aldehydes is 1. The fourth-order valence-corrected chi connectivity index (χ4v) is 6.25. The topological polar surface area (TPSA) is 183 Å². The number of aromatic nitrogens is 4. The van der Waals surface area contributed by atoms with Crippen molar-refractivity contribution in [3.63, 3.8) is 0 Å². The van der Waals surface area contributed by atoms with Gasteiger partial charge in [-0.1, -0.05) is 70.2 Å². The van der Waals surface area contributed by atoms with E-state index in [1.165, 1.54) is 27.1 Å². The molecule has 5 N–H and O–H groups in total. The summed E-state index contributed by atoms with van der Waals surface area (Å²) in [7, 11) is 6.52. The van der Waals surface area contributed by atoms with E-state index in [9.17, 15) is 14.4 Å². The number of H-pyrrole nitrogens is 2. The van der Waals surface area contributed by atoms with Gasteiger partial charge in [0.05, 0.1) is 55.8 Å². The van der Waals surface area contributed by atoms with Crippen molar-refractivity contribution in [1.29, 1.82) is 0 Å². The minimum atomic E-state index is -0.573. The van der Waals surface area contributed by atoms with Gasteiger partial charge in [0.15, 0.2) is 0 Å². The Morgan fingerprint density at radius 3 is 2.32 bits per heavy atom. The number of fused-ring (bicyclic) bond motifs is 3. The first kappa shape index (κ1) is 48.3. The van der Waals surface area contributed by atoms with E-state index >= 15 is 0 Å². The van der Waals surface area contributed by atoms with Gasteiger partial charge in [0.25, 0.3) is 6.47 Å². The van der Waals surface area contributed by atoms with Gasteiger partial charge in [0, 0.05) is 29.5 Å². The Labute approximate surface area is 354 Å². The van der Waals surface area contributed by atoms with E-state index in [4.69, 9.17) is 9.78 Å². The number of unbranched alkanes of at least 4 members (excludes halogenated alkanes) is 1. The number of hydrogen-bond acceptors (Lipinski definition) is 10. The Balaban J connectivity index is 0.000000450. The summed E-state index contributed by atoms with van der Waals surface area (Å²) < 4.78 is 8.18. The summed E-state index contributed by atoms with van der Waals surface area (Å²) in [5.74, 6) is 8.79. The predicted molar refractivity (Wildman–Crippen MR) is 237 cm³/mol. The van der Waals surface area contributed by atoms with Crippen LogP contribution in [0, 0.1) is 17.8 Å². The highest BCUT2D eigenvalue weighted by Crippen LogP contribution is 2.32. The molecule has 0 radical (unpaired) electrons. The number of aryl methyl sites for hydroxylation is 1. The number of nitrogens with one attached hydrogen (secondary N) is 5. The molecule has 60 heavy (non-hydrogen) atoms. The van der Waals surface area contributed by atoms with Crippen molar-refractivity contribution in [2.45, 2.75) is 78.3 Å². The lowest BCUT2D eigenvalue weighted by atomic mass is 10.1. The number of imidazole rings is 2. The predicted octanol–water partition coefficient (Wildman–Crippen LogP) is 6.70. The van der Waals surface area contributed by atoms with E-state index in [0.29, 0.717) is 31.9 Å². The Morgan fingerprint density at radius 2 is 1.70 bits per heavy atom. The molecule has 322 valence electrons. The Hall–Kier alpha value is -6.04. The average Bonchev–Trinajstić information content (AvgIpc) is 4.02. The summed E-state index contributed by atoms with van der Waals surface area (Å²) >= 11 is 0. The van der Waals surface area contributed by atoms with Gasteiger partial charge in [-0.25, -0.2) is 14.8 Å². The SMILES string of the molecule is CCC.CNCC(=O)NCCCCc1ncc(-c2ccc(C#Cc3ccc4c(ccc5[nH]c(C6CCCN6C)nc54)c3)cc2)[nH]1.COC(=O)NC(C=O)C(C)C.COC=O. The molecule has 3 heterocycles. The second-order valence-corrected chi connectivity index (χ2v) is 14.6. The maximum atomic E-state index is 11.5. The number of likely N-dealkylation sites (tertiary alicyclic amines) is 1. The number of carbonyl (C=O) groups is 4. The molecule has 0 bridgehead atoms. The number of methoxy groups -OCH3 is 2. The zero-order chi connectivity index (χ0) is 43.9. The van der Waals surface area contributed by atoms with Crippen molar-refractivity contribution in [1.82, 2.24) is 40.8 Å². The molecular formula is C46H62N8O6. The molecule has 1 saturated heterocycles. The highest BCUT2D eigenvalue weighted by atomic mass is 16.5. The van der Waals surface area contributed by atoms with Crippen molar-refractivity contribution in [2.24, 2.45) is 5.92 Å². The number of benzene rings is 3. The zero-order valence-electron chi connectivity index (χ0n) is 36.3. The molecule has 2 atom stereocenters. The smallest absolute Gasteiger partial charge is 0.407 e. The number of rotatable bonds is 13. The number of carbonyl (C=O) groups excluding carboxylic acids is 4. The summed E-state index contributed by atoms with van der Waals surface area (Å²) in [6.07, 6.45) is 8.35. The molecule has 6 rings (SSSR count). The average molecular weight is 823 g/mol. The maximum absolute atomic E-state index is 11.5. The second kappa shape index (κ2) is 26.1. The number of alkyl carbamates (subject to hydrolysis) is 1. The second-order valence-electron chi connectivity index (χ2n) is 14.6. The van der Waals surface area contributed by atoms with E-state index < -0.39 is 12.1 Å². The van der Waals surface area contributed by atoms with Crippen LogP contribution in [0.5, 0.6) is 0 Å². The van der Waals surface area contributed by atoms with Gasteiger partial charge in [-0.15, -0.1) is 0 Å². The number of likely N-dealkylation sites (N-methyl/N-ethyl adjacent to an activating group) is 1. The molecule has 0 spiro atoms. The first-order valence-electron chi connectivity index (χ1n) is 20.5. The van der Waals surface area contributed by atoms with E-state index in [1.807, 2.05) is 32.2 Å². The van der Waals surface area contributed by atoms with E-state index in [-0.39, 0.29) is 11.8 Å². The van der Waals surface area contributed by atoms with Gasteiger partial charge in [0.2, 0.25) is 5.91 Å². The summed E-state index contributed by atoms with van der Waals surface area (Å²) in [4.78, 5) is 60.3. The quantitative estimate of drug-likeness (QED) is 0.0487. The molecule has 2 unspecified atom stereocenters. The molecule has 1 fully saturated rings. The van der Waals surface area contributed by atoms with Crippen LogP contribution in [0.2, 0.25) is 0 Å². The maximum Gasteiger partial charge on any atom is 0.407 e. The van der Waals surface area contributed by atoms with Gasteiger partial charge < -0.3 is 40.2 Å². The van der Waals surface area contributed by atoms with E-state index in [2.05, 4.69) is 120 Å². The molecule has 3 aromatic carbocycles. The van der Waals surface area contributed by atoms with Crippen LogP contribution in [0.25, 0.3) is 33.1 Å². The van der Waals surface area contributed by atoms with Crippen molar-refractivity contribution in [2.75, 3.05) is 47.9 Å². The third-order valence-corrected chi connectivity index (χ3v) is 9.43. The summed E-state index contributed by atoms with van der Waals surface area (Å²) in [5, 5.41) is 10.4. The lowest BCUT2D eigenvalue weighted by Gasteiger charge is -2.16. The lowest BCUT2D eigenvalue weighted by molar-refractivity contribution is -0.126. The minimum Gasteiger partial charge on any atom is -0.471 e. The normalized spacial score (nSPS) is 13.6. The summed E-state index contributed by atoms with van der Waals surface area (Å²) in [5.41, 5.74) is 6.15. The van der Waals surface area contributed by atoms with Crippen molar-refractivity contribution < 1.29 is 28.7 Å². The highest BCUT2D eigenvalue weighted by molar-refractivity contribution is 6.04. The molecule has 0 saturated carbocycles. The molecule has 14 heteroatoms. The van der Waals surface area contributed by atoms with Crippen LogP contribution in [0.15, 0.2) is 60.8 Å². The van der Waals surface area contributed by atoms with Crippen LogP contribution >= 0.6 is 0 Å². The van der Waals surface area contributed by atoms with Gasteiger partial charge in [-0.2, -0.15) is 0 Å². The number of nitrogens with zero attached hydrogens (tertiary/aromatic N) is 3. The van der Waals surface area contributed by atoms with Gasteiger partial charge in [0.1, 0.15) is 17.9 Å². The third kappa shape index (κ3) is 15.3. The Kier molecular flexibility index (Phi) is 21.1. The number of aromatic amines is 2. The molecule has 2 aromatic heterocycles. The van der Waals surface area contributed by atoms with Crippen LogP contribution in [0.4, 0.5) is 4.79 Å². The highest BCUT2D eigenvalue weighted by Gasteiger charge is 2.25. The van der Waals surface area contributed by atoms with Crippen LogP contribution in [-0.4, -0.2) is 104 Å². The Bertz CT molecular complexity index is 2150. The van der Waals surface area contributed by atoms with Crippen LogP contribution in [0.1, 0.15) is 88.6 Å². The number of amides is 2. The fourth-order valence-electron chi connectivity index (χ4n) is 6.25. The van der Waals surface area contributed by atoms with Crippen molar-refractivity contribution in [3.05, 3.63) is 83.6 Å². The minimum absolute atomic E-state index is 0.0279. The molecule has 5 aromatic rings. The first-order chi connectivity index (χ1) is 29.0. The third-order valence-electron chi connectivity index (χ3n) is 9.43.